The van der Waals surface area contributed by atoms with Gasteiger partial charge in [-0.1, -0.05) is 18.2 Å². The van der Waals surface area contributed by atoms with Crippen LogP contribution in [0.2, 0.25) is 0 Å². The number of amides is 3. The van der Waals surface area contributed by atoms with Crippen molar-refractivity contribution in [3.05, 3.63) is 75.3 Å². The zero-order valence-corrected chi connectivity index (χ0v) is 16.4. The molecule has 0 saturated carbocycles. The van der Waals surface area contributed by atoms with Gasteiger partial charge in [0.15, 0.2) is 0 Å². The van der Waals surface area contributed by atoms with Gasteiger partial charge in [0.25, 0.3) is 0 Å². The smallest absolute Gasteiger partial charge is 0.305 e. The normalized spacial score (nSPS) is 12.5. The van der Waals surface area contributed by atoms with Gasteiger partial charge in [-0.05, 0) is 29.3 Å². The first-order valence-corrected chi connectivity index (χ1v) is 9.11. The van der Waals surface area contributed by atoms with E-state index in [1.165, 1.54) is 37.3 Å². The van der Waals surface area contributed by atoms with E-state index in [4.69, 9.17) is 5.73 Å². The van der Waals surface area contributed by atoms with Gasteiger partial charge in [0.05, 0.1) is 4.92 Å². The Morgan fingerprint density at radius 1 is 1.00 bits per heavy atom. The molecule has 0 radical (unpaired) electrons. The van der Waals surface area contributed by atoms with Crippen molar-refractivity contribution in [3.63, 3.8) is 0 Å². The maximum Gasteiger partial charge on any atom is 0.305 e. The Kier molecular flexibility index (Phi) is 7.72. The van der Waals surface area contributed by atoms with Crippen LogP contribution in [0.1, 0.15) is 18.1 Å². The molecular formula is C20H20F2N4O5. The highest BCUT2D eigenvalue weighted by atomic mass is 19.1. The molecule has 164 valence electrons. The molecular weight excluding hydrogens is 414 g/mol. The van der Waals surface area contributed by atoms with E-state index < -0.39 is 52.1 Å². The summed E-state index contributed by atoms with van der Waals surface area (Å²) < 4.78 is 26.6. The number of hydrogen-bond acceptors (Lipinski definition) is 5. The van der Waals surface area contributed by atoms with Crippen molar-refractivity contribution in [1.82, 2.24) is 10.6 Å². The first-order chi connectivity index (χ1) is 14.6. The van der Waals surface area contributed by atoms with Crippen molar-refractivity contribution in [2.75, 3.05) is 0 Å². The molecule has 0 unspecified atom stereocenters. The van der Waals surface area contributed by atoms with Crippen molar-refractivity contribution in [2.45, 2.75) is 31.8 Å². The van der Waals surface area contributed by atoms with Gasteiger partial charge in [0, 0.05) is 25.8 Å². The molecule has 2 aromatic carbocycles. The Bertz CT molecular complexity index is 998. The largest absolute Gasteiger partial charge is 0.368 e. The summed E-state index contributed by atoms with van der Waals surface area (Å²) in [6.07, 6.45) is -0.218. The minimum atomic E-state index is -1.28. The molecule has 0 aromatic heterocycles. The number of primary amides is 1. The van der Waals surface area contributed by atoms with Crippen LogP contribution in [-0.4, -0.2) is 34.7 Å². The van der Waals surface area contributed by atoms with Gasteiger partial charge >= 0.3 is 5.69 Å². The second-order valence-corrected chi connectivity index (χ2v) is 6.79. The number of nitrogens with one attached hydrogen (secondary N) is 2. The van der Waals surface area contributed by atoms with Gasteiger partial charge in [-0.15, -0.1) is 0 Å². The van der Waals surface area contributed by atoms with Crippen molar-refractivity contribution in [1.29, 1.82) is 0 Å². The topological polar surface area (TPSA) is 144 Å². The van der Waals surface area contributed by atoms with Gasteiger partial charge in [-0.25, -0.2) is 4.39 Å². The van der Waals surface area contributed by atoms with Crippen molar-refractivity contribution in [2.24, 2.45) is 5.73 Å². The predicted molar refractivity (Wildman–Crippen MR) is 106 cm³/mol. The number of nitro groups is 1. The fourth-order valence-electron chi connectivity index (χ4n) is 2.87. The van der Waals surface area contributed by atoms with Gasteiger partial charge in [0.2, 0.25) is 23.5 Å². The van der Waals surface area contributed by atoms with E-state index >= 15 is 0 Å². The Balaban J connectivity index is 2.18. The van der Waals surface area contributed by atoms with Crippen molar-refractivity contribution < 1.29 is 28.1 Å². The number of carbonyl (C=O) groups is 3. The summed E-state index contributed by atoms with van der Waals surface area (Å²) >= 11 is 0. The third-order valence-corrected chi connectivity index (χ3v) is 4.35. The summed E-state index contributed by atoms with van der Waals surface area (Å²) in [6, 6.07) is 5.98. The van der Waals surface area contributed by atoms with Gasteiger partial charge in [0.1, 0.15) is 17.9 Å². The molecule has 9 nitrogen and oxygen atoms in total. The lowest BCUT2D eigenvalue weighted by molar-refractivity contribution is -0.387. The third kappa shape index (κ3) is 6.84. The van der Waals surface area contributed by atoms with Crippen LogP contribution in [0.15, 0.2) is 42.5 Å². The first kappa shape index (κ1) is 23.4. The second-order valence-electron chi connectivity index (χ2n) is 6.79. The van der Waals surface area contributed by atoms with E-state index in [-0.39, 0.29) is 18.4 Å². The highest BCUT2D eigenvalue weighted by molar-refractivity contribution is 5.91. The lowest BCUT2D eigenvalue weighted by atomic mass is 10.0. The molecule has 2 rings (SSSR count). The van der Waals surface area contributed by atoms with Crippen LogP contribution < -0.4 is 16.4 Å². The average molecular weight is 434 g/mol. The molecule has 0 heterocycles. The van der Waals surface area contributed by atoms with E-state index in [1.807, 2.05) is 0 Å². The maximum atomic E-state index is 13.5. The Hall–Kier alpha value is -3.89. The number of halogens is 2. The number of benzene rings is 2. The summed E-state index contributed by atoms with van der Waals surface area (Å²) in [7, 11) is 0. The standard InChI is InChI=1S/C20H20F2N4O5/c1-11(27)24-17(8-12-2-5-14(21)6-3-12)20(29)25-16(19(23)28)9-13-4-7-15(22)18(10-13)26(30)31/h2-7,10,16-17H,8-9H2,1H3,(H2,23,28)(H,24,27)(H,25,29)/t16-,17+/m1/s1. The number of carbonyl (C=O) groups excluding carboxylic acids is 3. The van der Waals surface area contributed by atoms with E-state index in [0.717, 1.165) is 12.1 Å². The van der Waals surface area contributed by atoms with E-state index in [9.17, 15) is 33.3 Å². The summed E-state index contributed by atoms with van der Waals surface area (Å²) in [4.78, 5) is 46.0. The minimum absolute atomic E-state index is 0.0131. The predicted octanol–water partition coefficient (Wildman–Crippen LogP) is 1.13. The Morgan fingerprint density at radius 2 is 1.58 bits per heavy atom. The van der Waals surface area contributed by atoms with Crippen LogP contribution >= 0.6 is 0 Å². The van der Waals surface area contributed by atoms with Gasteiger partial charge in [-0.3, -0.25) is 24.5 Å². The molecule has 0 aliphatic carbocycles. The van der Waals surface area contributed by atoms with Crippen LogP contribution in [0, 0.1) is 21.7 Å². The van der Waals surface area contributed by atoms with Crippen molar-refractivity contribution in [3.8, 4) is 0 Å². The number of hydrogen-bond donors (Lipinski definition) is 3. The molecule has 0 saturated heterocycles. The van der Waals surface area contributed by atoms with Crippen LogP contribution in [-0.2, 0) is 27.2 Å². The minimum Gasteiger partial charge on any atom is -0.368 e. The third-order valence-electron chi connectivity index (χ3n) is 4.35. The van der Waals surface area contributed by atoms with E-state index in [0.29, 0.717) is 5.56 Å². The summed E-state index contributed by atoms with van der Waals surface area (Å²) in [5.74, 6) is -3.68. The van der Waals surface area contributed by atoms with Crippen molar-refractivity contribution >= 4 is 23.4 Å². The summed E-state index contributed by atoms with van der Waals surface area (Å²) in [5, 5.41) is 15.7. The summed E-state index contributed by atoms with van der Waals surface area (Å²) in [6.45, 7) is 1.20. The van der Waals surface area contributed by atoms with E-state index in [1.54, 1.807) is 0 Å². The molecule has 0 aliphatic rings. The monoisotopic (exact) mass is 434 g/mol. The second kappa shape index (κ2) is 10.2. The highest BCUT2D eigenvalue weighted by Gasteiger charge is 2.26. The molecule has 0 spiro atoms. The van der Waals surface area contributed by atoms with Gasteiger partial charge < -0.3 is 16.4 Å². The molecule has 0 aliphatic heterocycles. The lowest BCUT2D eigenvalue weighted by Crippen LogP contribution is -2.54. The Labute approximate surface area is 175 Å². The van der Waals surface area contributed by atoms with Gasteiger partial charge in [-0.2, -0.15) is 4.39 Å². The van der Waals surface area contributed by atoms with Crippen LogP contribution in [0.25, 0.3) is 0 Å². The first-order valence-electron chi connectivity index (χ1n) is 9.11. The zero-order chi connectivity index (χ0) is 23.1. The Morgan fingerprint density at radius 3 is 2.13 bits per heavy atom. The number of nitrogens with two attached hydrogens (primary N) is 1. The number of rotatable bonds is 9. The SMILES string of the molecule is CC(=O)N[C@@H](Cc1ccc(F)cc1)C(=O)N[C@H](Cc1ccc(F)c([N+](=O)[O-])c1)C(N)=O. The highest BCUT2D eigenvalue weighted by Crippen LogP contribution is 2.19. The molecule has 2 aromatic rings. The number of nitrogens with zero attached hydrogens (tertiary/aromatic N) is 1. The fraction of sp³-hybridized carbons (Fsp3) is 0.250. The molecule has 31 heavy (non-hydrogen) atoms. The summed E-state index contributed by atoms with van der Waals surface area (Å²) in [5.41, 5.74) is 5.32. The quantitative estimate of drug-likeness (QED) is 0.400. The van der Waals surface area contributed by atoms with Crippen LogP contribution in [0.3, 0.4) is 0 Å². The molecule has 4 N–H and O–H groups in total. The lowest BCUT2D eigenvalue weighted by Gasteiger charge is -2.22. The molecule has 0 fully saturated rings. The number of nitro benzene ring substituents is 1. The molecule has 11 heteroatoms. The maximum absolute atomic E-state index is 13.5. The van der Waals surface area contributed by atoms with Crippen LogP contribution in [0.5, 0.6) is 0 Å². The molecule has 2 atom stereocenters. The fourth-order valence-corrected chi connectivity index (χ4v) is 2.87. The molecule has 3 amide bonds. The molecule has 0 bridgehead atoms. The van der Waals surface area contributed by atoms with E-state index in [2.05, 4.69) is 10.6 Å². The van der Waals surface area contributed by atoms with Crippen LogP contribution in [0.4, 0.5) is 14.5 Å². The average Bonchev–Trinajstić information content (AvgIpc) is 2.69. The zero-order valence-electron chi connectivity index (χ0n) is 16.4.